The summed E-state index contributed by atoms with van der Waals surface area (Å²) in [5, 5.41) is 2.68. The third kappa shape index (κ3) is 4.92. The van der Waals surface area contributed by atoms with Gasteiger partial charge in [0.25, 0.3) is 0 Å². The van der Waals surface area contributed by atoms with Gasteiger partial charge < -0.3 is 10.2 Å². The van der Waals surface area contributed by atoms with Crippen LogP contribution in [0.1, 0.15) is 20.3 Å². The minimum Gasteiger partial charge on any atom is -0.370 e. The molecule has 2 nitrogen and oxygen atoms in total. The molecule has 2 unspecified atom stereocenters. The van der Waals surface area contributed by atoms with Gasteiger partial charge in [-0.3, -0.25) is 0 Å². The van der Waals surface area contributed by atoms with Gasteiger partial charge in [0.15, 0.2) is 0 Å². The van der Waals surface area contributed by atoms with Gasteiger partial charge in [0.05, 0.1) is 6.54 Å². The molecule has 118 valence electrons. The molecule has 1 heterocycles. The van der Waals surface area contributed by atoms with Gasteiger partial charge >= 0.3 is 6.18 Å². The molecule has 0 amide bonds. The van der Waals surface area contributed by atoms with E-state index in [2.05, 4.69) is 24.1 Å². The molecule has 0 aromatic heterocycles. The maximum absolute atomic E-state index is 12.4. The zero-order chi connectivity index (χ0) is 15.5. The molecule has 1 aromatic rings. The first-order valence-electron chi connectivity index (χ1n) is 7.45. The van der Waals surface area contributed by atoms with E-state index in [1.54, 1.807) is 0 Å². The van der Waals surface area contributed by atoms with Crippen LogP contribution in [0.15, 0.2) is 30.3 Å². The molecule has 5 heteroatoms. The quantitative estimate of drug-likeness (QED) is 0.912. The first kappa shape index (κ1) is 16.1. The van der Waals surface area contributed by atoms with Crippen molar-refractivity contribution in [2.45, 2.75) is 32.5 Å². The minimum atomic E-state index is -4.15. The van der Waals surface area contributed by atoms with Crippen molar-refractivity contribution in [1.82, 2.24) is 5.32 Å². The molecule has 1 N–H and O–H groups in total. The van der Waals surface area contributed by atoms with Gasteiger partial charge in [0.1, 0.15) is 0 Å². The molecule has 1 saturated heterocycles. The van der Waals surface area contributed by atoms with Gasteiger partial charge in [0.2, 0.25) is 0 Å². The Morgan fingerprint density at radius 1 is 1.19 bits per heavy atom. The second-order valence-electron chi connectivity index (χ2n) is 6.17. The van der Waals surface area contributed by atoms with Crippen molar-refractivity contribution in [3.8, 4) is 0 Å². The lowest BCUT2D eigenvalue weighted by Gasteiger charge is -2.41. The van der Waals surface area contributed by atoms with Gasteiger partial charge in [-0.15, -0.1) is 0 Å². The normalized spacial score (nSPS) is 23.6. The molecule has 2 atom stereocenters. The van der Waals surface area contributed by atoms with Crippen molar-refractivity contribution in [1.29, 1.82) is 0 Å². The second kappa shape index (κ2) is 6.69. The first-order valence-corrected chi connectivity index (χ1v) is 7.45. The second-order valence-corrected chi connectivity index (χ2v) is 6.17. The van der Waals surface area contributed by atoms with Crippen LogP contribution in [0.2, 0.25) is 0 Å². The Hall–Kier alpha value is -1.23. The van der Waals surface area contributed by atoms with Crippen molar-refractivity contribution in [3.63, 3.8) is 0 Å². The van der Waals surface area contributed by atoms with E-state index in [0.29, 0.717) is 18.4 Å². The Bertz CT molecular complexity index is 431. The summed E-state index contributed by atoms with van der Waals surface area (Å²) in [6.45, 7) is 4.90. The van der Waals surface area contributed by atoms with Crippen LogP contribution in [0.3, 0.4) is 0 Å². The fraction of sp³-hybridized carbons (Fsp3) is 0.625. The van der Waals surface area contributed by atoms with E-state index in [1.807, 2.05) is 30.3 Å². The number of hydrogen-bond acceptors (Lipinski definition) is 2. The van der Waals surface area contributed by atoms with Crippen molar-refractivity contribution in [2.75, 3.05) is 24.5 Å². The molecule has 0 radical (unpaired) electrons. The number of benzene rings is 1. The summed E-state index contributed by atoms with van der Waals surface area (Å²) < 4.78 is 37.2. The fourth-order valence-corrected chi connectivity index (χ4v) is 2.88. The average molecular weight is 300 g/mol. The number of nitrogens with zero attached hydrogens (tertiary/aromatic N) is 1. The molecule has 21 heavy (non-hydrogen) atoms. The topological polar surface area (TPSA) is 15.3 Å². The molecule has 2 rings (SSSR count). The van der Waals surface area contributed by atoms with Crippen LogP contribution in [-0.4, -0.2) is 31.9 Å². The maximum Gasteiger partial charge on any atom is 0.401 e. The van der Waals surface area contributed by atoms with Crippen LogP contribution in [0.25, 0.3) is 0 Å². The monoisotopic (exact) mass is 300 g/mol. The van der Waals surface area contributed by atoms with Gasteiger partial charge in [0, 0.05) is 24.8 Å². The number of alkyl halides is 3. The number of nitrogens with one attached hydrogen (secondary N) is 1. The fourth-order valence-electron chi connectivity index (χ4n) is 2.88. The average Bonchev–Trinajstić information content (AvgIpc) is 2.45. The highest BCUT2D eigenvalue weighted by Crippen LogP contribution is 2.28. The molecule has 1 fully saturated rings. The summed E-state index contributed by atoms with van der Waals surface area (Å²) in [6.07, 6.45) is -3.35. The van der Waals surface area contributed by atoms with E-state index in [0.717, 1.165) is 18.7 Å². The van der Waals surface area contributed by atoms with Crippen molar-refractivity contribution < 1.29 is 13.2 Å². The lowest BCUT2D eigenvalue weighted by Crippen LogP contribution is -2.52. The molecule has 0 bridgehead atoms. The molecule has 0 spiro atoms. The predicted molar refractivity (Wildman–Crippen MR) is 79.4 cm³/mol. The van der Waals surface area contributed by atoms with Crippen LogP contribution in [0, 0.1) is 11.8 Å². The smallest absolute Gasteiger partial charge is 0.370 e. The summed E-state index contributed by atoms with van der Waals surface area (Å²) in [5.41, 5.74) is 1.08. The Kier molecular flexibility index (Phi) is 5.14. The van der Waals surface area contributed by atoms with E-state index in [1.165, 1.54) is 0 Å². The third-order valence-electron chi connectivity index (χ3n) is 4.14. The zero-order valence-electron chi connectivity index (χ0n) is 12.5. The van der Waals surface area contributed by atoms with Crippen LogP contribution >= 0.6 is 0 Å². The number of hydrogen-bond donors (Lipinski definition) is 1. The summed E-state index contributed by atoms with van der Waals surface area (Å²) in [5.74, 6) is 0.872. The lowest BCUT2D eigenvalue weighted by atomic mass is 9.85. The number of rotatable bonds is 4. The SMILES string of the molecule is CC(C)C1CC(NCC(F)(F)F)CN(c2ccccc2)C1. The summed E-state index contributed by atoms with van der Waals surface area (Å²) in [7, 11) is 0. The third-order valence-corrected chi connectivity index (χ3v) is 4.14. The molecular formula is C16H23F3N2. The van der Waals surface area contributed by atoms with E-state index in [4.69, 9.17) is 0 Å². The van der Waals surface area contributed by atoms with Crippen LogP contribution in [0.4, 0.5) is 18.9 Å². The Balaban J connectivity index is 2.05. The number of para-hydroxylation sites is 1. The minimum absolute atomic E-state index is 0.118. The Morgan fingerprint density at radius 3 is 2.43 bits per heavy atom. The number of halogens is 3. The molecule has 1 aromatic carbocycles. The molecule has 1 aliphatic heterocycles. The van der Waals surface area contributed by atoms with Gasteiger partial charge in [-0.1, -0.05) is 32.0 Å². The van der Waals surface area contributed by atoms with Gasteiger partial charge in [-0.05, 0) is 30.4 Å². The number of anilines is 1. The van der Waals surface area contributed by atoms with Crippen LogP contribution < -0.4 is 10.2 Å². The summed E-state index contributed by atoms with van der Waals surface area (Å²) in [6, 6.07) is 9.80. The first-order chi connectivity index (χ1) is 9.85. The van der Waals surface area contributed by atoms with Crippen LogP contribution in [0.5, 0.6) is 0 Å². The zero-order valence-corrected chi connectivity index (χ0v) is 12.5. The van der Waals surface area contributed by atoms with Gasteiger partial charge in [-0.25, -0.2) is 0 Å². The Labute approximate surface area is 124 Å². The van der Waals surface area contributed by atoms with Crippen molar-refractivity contribution in [3.05, 3.63) is 30.3 Å². The van der Waals surface area contributed by atoms with E-state index >= 15 is 0 Å². The molecule has 1 aliphatic rings. The van der Waals surface area contributed by atoms with E-state index < -0.39 is 12.7 Å². The highest BCUT2D eigenvalue weighted by atomic mass is 19.4. The predicted octanol–water partition coefficient (Wildman–Crippen LogP) is 3.69. The molecule has 0 aliphatic carbocycles. The maximum atomic E-state index is 12.4. The number of piperidine rings is 1. The highest BCUT2D eigenvalue weighted by Gasteiger charge is 2.33. The summed E-state index contributed by atoms with van der Waals surface area (Å²) in [4.78, 5) is 2.20. The molecule has 0 saturated carbocycles. The van der Waals surface area contributed by atoms with Crippen molar-refractivity contribution in [2.24, 2.45) is 11.8 Å². The van der Waals surface area contributed by atoms with Crippen LogP contribution in [-0.2, 0) is 0 Å². The van der Waals surface area contributed by atoms with Gasteiger partial charge in [-0.2, -0.15) is 13.2 Å². The van der Waals surface area contributed by atoms with E-state index in [9.17, 15) is 13.2 Å². The molecular weight excluding hydrogens is 277 g/mol. The Morgan fingerprint density at radius 2 is 1.86 bits per heavy atom. The van der Waals surface area contributed by atoms with Crippen molar-refractivity contribution >= 4 is 5.69 Å². The lowest BCUT2D eigenvalue weighted by molar-refractivity contribution is -0.126. The standard InChI is InChI=1S/C16H23F3N2/c1-12(2)13-8-14(20-11-16(17,18)19)10-21(9-13)15-6-4-3-5-7-15/h3-7,12-14,20H,8-11H2,1-2H3. The highest BCUT2D eigenvalue weighted by molar-refractivity contribution is 5.46. The largest absolute Gasteiger partial charge is 0.401 e. The summed E-state index contributed by atoms with van der Waals surface area (Å²) >= 11 is 0. The van der Waals surface area contributed by atoms with E-state index in [-0.39, 0.29) is 6.04 Å².